The first-order valence-corrected chi connectivity index (χ1v) is 10.3. The van der Waals surface area contributed by atoms with Crippen LogP contribution in [-0.2, 0) is 9.53 Å². The fraction of sp³-hybridized carbons (Fsp3) is 0.850. The molecule has 0 saturated carbocycles. The molecule has 138 valence electrons. The maximum atomic E-state index is 13.5. The Labute approximate surface area is 151 Å². The topological polar surface area (TPSA) is 36.0 Å². The Bertz CT molecular complexity index is 583. The van der Waals surface area contributed by atoms with Crippen LogP contribution in [0.4, 0.5) is 0 Å². The number of fused-ring (bicyclic) bond motifs is 2. The number of carbonyl (C=O) groups is 1. The number of amides is 1. The Balaban J connectivity index is 1.47. The number of nitrogens with zero attached hydrogens (tertiary/aromatic N) is 3. The van der Waals surface area contributed by atoms with E-state index in [-0.39, 0.29) is 11.4 Å². The molecule has 0 radical (unpaired) electrons. The van der Waals surface area contributed by atoms with Crippen molar-refractivity contribution in [3.63, 3.8) is 0 Å². The number of ether oxygens (including phenoxy) is 1. The van der Waals surface area contributed by atoms with Gasteiger partial charge in [-0.15, -0.1) is 0 Å². The van der Waals surface area contributed by atoms with E-state index in [1.54, 1.807) is 0 Å². The maximum Gasteiger partial charge on any atom is 0.270 e. The predicted molar refractivity (Wildman–Crippen MR) is 96.0 cm³/mol. The lowest BCUT2D eigenvalue weighted by molar-refractivity contribution is -0.159. The molecule has 1 amide bonds. The van der Waals surface area contributed by atoms with Crippen LogP contribution in [0.2, 0.25) is 0 Å². The van der Waals surface area contributed by atoms with Crippen LogP contribution in [-0.4, -0.2) is 78.1 Å². The van der Waals surface area contributed by atoms with Crippen LogP contribution >= 0.6 is 0 Å². The van der Waals surface area contributed by atoms with Crippen molar-refractivity contribution in [2.45, 2.75) is 50.6 Å². The molecule has 0 aliphatic carbocycles. The van der Waals surface area contributed by atoms with E-state index >= 15 is 0 Å². The van der Waals surface area contributed by atoms with E-state index in [1.807, 2.05) is 0 Å². The average Bonchev–Trinajstić information content (AvgIpc) is 2.65. The van der Waals surface area contributed by atoms with Crippen molar-refractivity contribution in [1.82, 2.24) is 14.7 Å². The molecule has 5 nitrogen and oxygen atoms in total. The molecule has 0 unspecified atom stereocenters. The quantitative estimate of drug-likeness (QED) is 0.725. The summed E-state index contributed by atoms with van der Waals surface area (Å²) in [7, 11) is 0. The Kier molecular flexibility index (Phi) is 3.86. The van der Waals surface area contributed by atoms with E-state index in [1.165, 1.54) is 38.8 Å². The smallest absolute Gasteiger partial charge is 0.270 e. The van der Waals surface area contributed by atoms with E-state index in [0.717, 1.165) is 51.0 Å². The van der Waals surface area contributed by atoms with Gasteiger partial charge in [0.25, 0.3) is 5.91 Å². The molecule has 4 saturated heterocycles. The highest BCUT2D eigenvalue weighted by Crippen LogP contribution is 2.50. The highest BCUT2D eigenvalue weighted by Gasteiger charge is 2.56. The van der Waals surface area contributed by atoms with Gasteiger partial charge in [0.15, 0.2) is 0 Å². The van der Waals surface area contributed by atoms with Crippen molar-refractivity contribution < 1.29 is 9.53 Å². The average molecular weight is 345 g/mol. The Morgan fingerprint density at radius 1 is 1.12 bits per heavy atom. The predicted octanol–water partition coefficient (Wildman–Crippen LogP) is 1.70. The van der Waals surface area contributed by atoms with Gasteiger partial charge in [-0.25, -0.2) is 0 Å². The molecule has 5 heterocycles. The number of piperidine rings is 3. The Morgan fingerprint density at radius 3 is 2.68 bits per heavy atom. The summed E-state index contributed by atoms with van der Waals surface area (Å²) in [5.41, 5.74) is 0.965. The lowest BCUT2D eigenvalue weighted by atomic mass is 9.62. The highest BCUT2D eigenvalue weighted by molar-refractivity contribution is 5.94. The zero-order chi connectivity index (χ0) is 17.0. The zero-order valence-electron chi connectivity index (χ0n) is 15.5. The third kappa shape index (κ3) is 2.38. The first-order valence-electron chi connectivity index (χ1n) is 10.3. The monoisotopic (exact) mass is 345 g/mol. The van der Waals surface area contributed by atoms with E-state index in [2.05, 4.69) is 27.7 Å². The summed E-state index contributed by atoms with van der Waals surface area (Å²) < 4.78 is 5.48. The molecule has 0 spiro atoms. The molecule has 25 heavy (non-hydrogen) atoms. The summed E-state index contributed by atoms with van der Waals surface area (Å²) in [6.07, 6.45) is 8.47. The van der Waals surface area contributed by atoms with E-state index in [9.17, 15) is 4.79 Å². The van der Waals surface area contributed by atoms with Crippen LogP contribution in [0.15, 0.2) is 11.8 Å². The Morgan fingerprint density at radius 2 is 1.88 bits per heavy atom. The van der Waals surface area contributed by atoms with Gasteiger partial charge in [0.2, 0.25) is 0 Å². The van der Waals surface area contributed by atoms with E-state index < -0.39 is 0 Å². The molecule has 0 aromatic carbocycles. The van der Waals surface area contributed by atoms with Gasteiger partial charge in [0, 0.05) is 31.2 Å². The molecular weight excluding hydrogens is 314 g/mol. The molecule has 0 aromatic rings. The van der Waals surface area contributed by atoms with Gasteiger partial charge in [0.05, 0.1) is 18.9 Å². The molecule has 0 N–H and O–H groups in total. The third-order valence-electron chi connectivity index (χ3n) is 7.65. The largest absolute Gasteiger partial charge is 0.378 e. The molecule has 0 bridgehead atoms. The zero-order valence-corrected chi connectivity index (χ0v) is 15.5. The molecule has 5 heteroatoms. The maximum absolute atomic E-state index is 13.5. The van der Waals surface area contributed by atoms with Crippen LogP contribution in [0, 0.1) is 11.8 Å². The molecule has 4 fully saturated rings. The van der Waals surface area contributed by atoms with Gasteiger partial charge in [-0.1, -0.05) is 6.08 Å². The number of hydrogen-bond acceptors (Lipinski definition) is 4. The fourth-order valence-electron chi connectivity index (χ4n) is 6.40. The minimum Gasteiger partial charge on any atom is -0.378 e. The molecule has 4 atom stereocenters. The summed E-state index contributed by atoms with van der Waals surface area (Å²) in [5, 5.41) is 0. The summed E-state index contributed by atoms with van der Waals surface area (Å²) >= 11 is 0. The van der Waals surface area contributed by atoms with Gasteiger partial charge in [-0.05, 0) is 64.0 Å². The third-order valence-corrected chi connectivity index (χ3v) is 7.65. The molecule has 5 aliphatic heterocycles. The molecular formula is C20H31N3O2. The summed E-state index contributed by atoms with van der Waals surface area (Å²) in [6.45, 7) is 9.07. The number of carbonyl (C=O) groups excluding carboxylic acids is 1. The van der Waals surface area contributed by atoms with Crippen LogP contribution < -0.4 is 0 Å². The highest BCUT2D eigenvalue weighted by atomic mass is 16.5. The SMILES string of the molecule is C[C@]12CC=C(N3CCOCC3)C(=O)N1C[C@@H]1CCCN3CCC[C@H]2[C@H]13. The lowest BCUT2D eigenvalue weighted by Crippen LogP contribution is -2.71. The fourth-order valence-corrected chi connectivity index (χ4v) is 6.40. The minimum absolute atomic E-state index is 0.0179. The van der Waals surface area contributed by atoms with Crippen molar-refractivity contribution in [2.24, 2.45) is 11.8 Å². The van der Waals surface area contributed by atoms with Crippen LogP contribution in [0.1, 0.15) is 39.0 Å². The minimum atomic E-state index is 0.0179. The van der Waals surface area contributed by atoms with Crippen LogP contribution in [0.25, 0.3) is 0 Å². The van der Waals surface area contributed by atoms with Gasteiger partial charge in [-0.2, -0.15) is 0 Å². The number of rotatable bonds is 1. The van der Waals surface area contributed by atoms with E-state index in [4.69, 9.17) is 4.74 Å². The standard InChI is InChI=1S/C20H31N3O2/c1-20-7-6-17(21-10-12-25-13-11-21)19(24)23(20)14-15-4-2-8-22-9-3-5-16(20)18(15)22/h6,15-16,18H,2-5,7-14H2,1H3/t15-,16-,18-,20+/m0/s1. The van der Waals surface area contributed by atoms with E-state index in [0.29, 0.717) is 11.8 Å². The van der Waals surface area contributed by atoms with Crippen molar-refractivity contribution >= 4 is 5.91 Å². The van der Waals surface area contributed by atoms with Crippen molar-refractivity contribution in [2.75, 3.05) is 45.9 Å². The van der Waals surface area contributed by atoms with Gasteiger partial charge in [-0.3, -0.25) is 9.69 Å². The van der Waals surface area contributed by atoms with Crippen molar-refractivity contribution in [3.8, 4) is 0 Å². The van der Waals surface area contributed by atoms with Gasteiger partial charge < -0.3 is 14.5 Å². The van der Waals surface area contributed by atoms with Crippen LogP contribution in [0.3, 0.4) is 0 Å². The lowest BCUT2D eigenvalue weighted by Gasteiger charge is -2.63. The van der Waals surface area contributed by atoms with Gasteiger partial charge in [0.1, 0.15) is 0 Å². The summed E-state index contributed by atoms with van der Waals surface area (Å²) in [4.78, 5) is 20.8. The van der Waals surface area contributed by atoms with Gasteiger partial charge >= 0.3 is 0 Å². The van der Waals surface area contributed by atoms with Crippen LogP contribution in [0.5, 0.6) is 0 Å². The summed E-state index contributed by atoms with van der Waals surface area (Å²) in [5.74, 6) is 1.61. The van der Waals surface area contributed by atoms with Crippen molar-refractivity contribution in [3.05, 3.63) is 11.8 Å². The first-order chi connectivity index (χ1) is 12.2. The van der Waals surface area contributed by atoms with Crippen molar-refractivity contribution in [1.29, 1.82) is 0 Å². The summed E-state index contributed by atoms with van der Waals surface area (Å²) in [6, 6.07) is 0.717. The second-order valence-electron chi connectivity index (χ2n) is 8.84. The number of hydrogen-bond donors (Lipinski definition) is 0. The number of morpholine rings is 1. The first kappa shape index (κ1) is 16.1. The normalized spacial score (nSPS) is 41.9. The second kappa shape index (κ2) is 5.98. The molecule has 0 aromatic heterocycles. The second-order valence-corrected chi connectivity index (χ2v) is 8.84. The molecule has 5 rings (SSSR count). The Hall–Kier alpha value is -1.07. The molecule has 5 aliphatic rings.